The molecule has 2 unspecified atom stereocenters. The Morgan fingerprint density at radius 2 is 2.00 bits per heavy atom. The molecule has 0 saturated heterocycles. The van der Waals surface area contributed by atoms with Gasteiger partial charge in [-0.1, -0.05) is 6.92 Å². The fourth-order valence-corrected chi connectivity index (χ4v) is 2.12. The van der Waals surface area contributed by atoms with Crippen molar-refractivity contribution in [2.45, 2.75) is 19.4 Å². The Hall–Kier alpha value is -1.42. The molecule has 0 radical (unpaired) electrons. The zero-order valence-corrected chi connectivity index (χ0v) is 10.9. The van der Waals surface area contributed by atoms with Crippen LogP contribution in [0.2, 0.25) is 0 Å². The van der Waals surface area contributed by atoms with Crippen LogP contribution in [0.5, 0.6) is 0 Å². The molecule has 4 heteroatoms. The molecule has 0 aromatic carbocycles. The van der Waals surface area contributed by atoms with E-state index in [1.165, 1.54) is 7.11 Å². The monoisotopic (exact) mass is 236 g/mol. The molecule has 4 nitrogen and oxygen atoms in total. The van der Waals surface area contributed by atoms with E-state index in [1.807, 2.05) is 38.1 Å². The number of hydrogen-bond donors (Lipinski definition) is 0. The van der Waals surface area contributed by atoms with Crippen molar-refractivity contribution in [1.82, 2.24) is 9.88 Å². The van der Waals surface area contributed by atoms with Crippen LogP contribution in [0.4, 0.5) is 0 Å². The van der Waals surface area contributed by atoms with Gasteiger partial charge in [0.2, 0.25) is 0 Å². The van der Waals surface area contributed by atoms with Crippen molar-refractivity contribution in [3.8, 4) is 0 Å². The molecule has 1 heterocycles. The van der Waals surface area contributed by atoms with E-state index in [0.717, 1.165) is 12.0 Å². The molecule has 0 fully saturated rings. The third kappa shape index (κ3) is 3.27. The Labute approximate surface area is 103 Å². The first-order valence-electron chi connectivity index (χ1n) is 5.76. The van der Waals surface area contributed by atoms with E-state index >= 15 is 0 Å². The minimum Gasteiger partial charge on any atom is -0.469 e. The summed E-state index contributed by atoms with van der Waals surface area (Å²) in [5.74, 6) is -0.319. The number of pyridine rings is 1. The summed E-state index contributed by atoms with van der Waals surface area (Å²) in [6, 6.07) is 3.91. The third-order valence-corrected chi connectivity index (χ3v) is 2.93. The maximum atomic E-state index is 11.8. The van der Waals surface area contributed by atoms with E-state index in [4.69, 9.17) is 4.74 Å². The highest BCUT2D eigenvalue weighted by atomic mass is 16.5. The first-order chi connectivity index (χ1) is 8.11. The largest absolute Gasteiger partial charge is 0.469 e. The molecular weight excluding hydrogens is 216 g/mol. The zero-order valence-electron chi connectivity index (χ0n) is 10.9. The Kier molecular flexibility index (Phi) is 5.10. The lowest BCUT2D eigenvalue weighted by Crippen LogP contribution is -2.32. The Morgan fingerprint density at radius 3 is 2.41 bits per heavy atom. The van der Waals surface area contributed by atoms with Gasteiger partial charge in [0.1, 0.15) is 0 Å². The topological polar surface area (TPSA) is 42.4 Å². The SMILES string of the molecule is CCC(C(=O)OC)C(c1ccncc1)N(C)C. The average Bonchev–Trinajstić information content (AvgIpc) is 2.35. The molecule has 1 aromatic heterocycles. The van der Waals surface area contributed by atoms with Gasteiger partial charge in [0.15, 0.2) is 0 Å². The number of carbonyl (C=O) groups is 1. The lowest BCUT2D eigenvalue weighted by Gasteiger charge is -2.30. The van der Waals surface area contributed by atoms with Crippen molar-refractivity contribution in [2.75, 3.05) is 21.2 Å². The van der Waals surface area contributed by atoms with Crippen LogP contribution >= 0.6 is 0 Å². The van der Waals surface area contributed by atoms with Gasteiger partial charge in [-0.15, -0.1) is 0 Å². The second-order valence-electron chi connectivity index (χ2n) is 4.23. The van der Waals surface area contributed by atoms with Gasteiger partial charge in [0.05, 0.1) is 13.0 Å². The van der Waals surface area contributed by atoms with Crippen LogP contribution in [0.25, 0.3) is 0 Å². The van der Waals surface area contributed by atoms with Gasteiger partial charge in [0.25, 0.3) is 0 Å². The standard InChI is InChI=1S/C13H20N2O2/c1-5-11(13(16)17-4)12(15(2)3)10-6-8-14-9-7-10/h6-9,11-12H,5H2,1-4H3. The minimum atomic E-state index is -0.164. The first-order valence-corrected chi connectivity index (χ1v) is 5.76. The summed E-state index contributed by atoms with van der Waals surface area (Å²) in [6.45, 7) is 2.00. The fraction of sp³-hybridized carbons (Fsp3) is 0.538. The summed E-state index contributed by atoms with van der Waals surface area (Å²) < 4.78 is 4.87. The summed E-state index contributed by atoms with van der Waals surface area (Å²) in [5, 5.41) is 0. The van der Waals surface area contributed by atoms with Crippen LogP contribution in [0.3, 0.4) is 0 Å². The molecule has 0 aliphatic rings. The highest BCUT2D eigenvalue weighted by molar-refractivity contribution is 5.73. The molecule has 1 rings (SSSR count). The lowest BCUT2D eigenvalue weighted by atomic mass is 9.90. The summed E-state index contributed by atoms with van der Waals surface area (Å²) in [5.41, 5.74) is 1.09. The summed E-state index contributed by atoms with van der Waals surface area (Å²) in [7, 11) is 5.37. The van der Waals surface area contributed by atoms with Gasteiger partial charge < -0.3 is 9.64 Å². The smallest absolute Gasteiger partial charge is 0.310 e. The second kappa shape index (κ2) is 6.35. The van der Waals surface area contributed by atoms with Gasteiger partial charge in [-0.25, -0.2) is 0 Å². The number of esters is 1. The molecule has 0 bridgehead atoms. The van der Waals surface area contributed by atoms with Crippen LogP contribution < -0.4 is 0 Å². The molecule has 0 aliphatic heterocycles. The summed E-state index contributed by atoms with van der Waals surface area (Å²) >= 11 is 0. The maximum absolute atomic E-state index is 11.8. The molecule has 0 aliphatic carbocycles. The van der Waals surface area contributed by atoms with E-state index < -0.39 is 0 Å². The molecule has 0 amide bonds. The van der Waals surface area contributed by atoms with Gasteiger partial charge in [-0.05, 0) is 38.2 Å². The van der Waals surface area contributed by atoms with Gasteiger partial charge >= 0.3 is 5.97 Å². The molecular formula is C13H20N2O2. The summed E-state index contributed by atoms with van der Waals surface area (Å²) in [6.07, 6.45) is 4.24. The zero-order chi connectivity index (χ0) is 12.8. The van der Waals surface area contributed by atoms with E-state index in [2.05, 4.69) is 4.98 Å². The molecule has 1 aromatic rings. The minimum absolute atomic E-state index is 0.0236. The van der Waals surface area contributed by atoms with Crippen molar-refractivity contribution in [3.05, 3.63) is 30.1 Å². The van der Waals surface area contributed by atoms with E-state index in [9.17, 15) is 4.79 Å². The molecule has 94 valence electrons. The summed E-state index contributed by atoms with van der Waals surface area (Å²) in [4.78, 5) is 17.8. The number of ether oxygens (including phenoxy) is 1. The highest BCUT2D eigenvalue weighted by Gasteiger charge is 2.30. The van der Waals surface area contributed by atoms with Crippen LogP contribution in [-0.4, -0.2) is 37.1 Å². The predicted molar refractivity (Wildman–Crippen MR) is 66.5 cm³/mol. The first kappa shape index (κ1) is 13.6. The quantitative estimate of drug-likeness (QED) is 0.732. The lowest BCUT2D eigenvalue weighted by molar-refractivity contribution is -0.148. The highest BCUT2D eigenvalue weighted by Crippen LogP contribution is 2.29. The fourth-order valence-electron chi connectivity index (χ4n) is 2.12. The van der Waals surface area contributed by atoms with E-state index in [0.29, 0.717) is 0 Å². The maximum Gasteiger partial charge on any atom is 0.310 e. The normalized spacial score (nSPS) is 14.4. The number of methoxy groups -OCH3 is 1. The molecule has 0 saturated carbocycles. The number of rotatable bonds is 5. The number of nitrogens with zero attached hydrogens (tertiary/aromatic N) is 2. The molecule has 2 atom stereocenters. The van der Waals surface area contributed by atoms with Crippen molar-refractivity contribution in [2.24, 2.45) is 5.92 Å². The Balaban J connectivity index is 3.04. The average molecular weight is 236 g/mol. The van der Waals surface area contributed by atoms with Crippen LogP contribution in [0.15, 0.2) is 24.5 Å². The van der Waals surface area contributed by atoms with Crippen LogP contribution in [-0.2, 0) is 9.53 Å². The van der Waals surface area contributed by atoms with Gasteiger partial charge in [-0.3, -0.25) is 9.78 Å². The molecule has 17 heavy (non-hydrogen) atoms. The number of aromatic nitrogens is 1. The second-order valence-corrected chi connectivity index (χ2v) is 4.23. The van der Waals surface area contributed by atoms with Crippen molar-refractivity contribution >= 4 is 5.97 Å². The molecule has 0 spiro atoms. The van der Waals surface area contributed by atoms with Crippen molar-refractivity contribution in [1.29, 1.82) is 0 Å². The van der Waals surface area contributed by atoms with E-state index in [1.54, 1.807) is 12.4 Å². The Bertz CT molecular complexity index is 352. The predicted octanol–water partition coefficient (Wildman–Crippen LogP) is 1.88. The van der Waals surface area contributed by atoms with Crippen LogP contribution in [0.1, 0.15) is 24.9 Å². The number of hydrogen-bond acceptors (Lipinski definition) is 4. The van der Waals surface area contributed by atoms with Crippen molar-refractivity contribution < 1.29 is 9.53 Å². The van der Waals surface area contributed by atoms with Crippen molar-refractivity contribution in [3.63, 3.8) is 0 Å². The van der Waals surface area contributed by atoms with Gasteiger partial charge in [0, 0.05) is 18.4 Å². The van der Waals surface area contributed by atoms with Crippen LogP contribution in [0, 0.1) is 5.92 Å². The van der Waals surface area contributed by atoms with E-state index in [-0.39, 0.29) is 17.9 Å². The molecule has 0 N–H and O–H groups in total. The van der Waals surface area contributed by atoms with Gasteiger partial charge in [-0.2, -0.15) is 0 Å². The Morgan fingerprint density at radius 1 is 1.41 bits per heavy atom. The number of carbonyl (C=O) groups excluding carboxylic acids is 1. The third-order valence-electron chi connectivity index (χ3n) is 2.93.